The van der Waals surface area contributed by atoms with Gasteiger partial charge in [-0.25, -0.2) is 22.2 Å². The Bertz CT molecular complexity index is 1410. The third-order valence-corrected chi connectivity index (χ3v) is 8.45. The highest BCUT2D eigenvalue weighted by Gasteiger charge is 2.29. The number of nitrogens with one attached hydrogen (secondary N) is 2. The monoisotopic (exact) mass is 516 g/mol. The lowest BCUT2D eigenvalue weighted by molar-refractivity contribution is 0.0940. The van der Waals surface area contributed by atoms with E-state index >= 15 is 0 Å². The molecule has 2 amide bonds. The maximum Gasteiger partial charge on any atom is 0.270 e. The van der Waals surface area contributed by atoms with Gasteiger partial charge in [-0.3, -0.25) is 9.59 Å². The second kappa shape index (κ2) is 10.3. The largest absolute Gasteiger partial charge is 0.350 e. The highest BCUT2D eigenvalue weighted by molar-refractivity contribution is 7.95. The summed E-state index contributed by atoms with van der Waals surface area (Å²) in [6.07, 6.45) is 2.02. The second-order valence-corrected chi connectivity index (χ2v) is 11.4. The third-order valence-electron chi connectivity index (χ3n) is 6.17. The van der Waals surface area contributed by atoms with Crippen LogP contribution in [0, 0.1) is 18.7 Å². The lowest BCUT2D eigenvalue weighted by Crippen LogP contribution is -2.39. The molecule has 0 spiro atoms. The molecule has 13 heteroatoms. The third kappa shape index (κ3) is 5.37. The molecule has 192 valence electrons. The molecule has 0 radical (unpaired) electrons. The maximum atomic E-state index is 13.5. The van der Waals surface area contributed by atoms with E-state index < -0.39 is 21.7 Å². The maximum absolute atomic E-state index is 13.5. The molecule has 3 aromatic rings. The van der Waals surface area contributed by atoms with Crippen molar-refractivity contribution in [3.8, 4) is 0 Å². The predicted molar refractivity (Wildman–Crippen MR) is 134 cm³/mol. The summed E-state index contributed by atoms with van der Waals surface area (Å²) in [4.78, 5) is 34.0. The first kappa shape index (κ1) is 25.7. The van der Waals surface area contributed by atoms with Crippen molar-refractivity contribution in [2.45, 2.75) is 19.9 Å². The number of nitrogens with zero attached hydrogens (tertiary/aromatic N) is 6. The van der Waals surface area contributed by atoms with Gasteiger partial charge >= 0.3 is 0 Å². The molecule has 11 nitrogen and oxygen atoms in total. The Hall–Kier alpha value is -3.42. The molecule has 3 heterocycles. The van der Waals surface area contributed by atoms with Gasteiger partial charge in [0.1, 0.15) is 23.5 Å². The van der Waals surface area contributed by atoms with Gasteiger partial charge in [0.2, 0.25) is 0 Å². The van der Waals surface area contributed by atoms with Gasteiger partial charge in [-0.1, -0.05) is 12.1 Å². The molecule has 2 N–H and O–H groups in total. The first-order valence-corrected chi connectivity index (χ1v) is 13.0. The van der Waals surface area contributed by atoms with Crippen LogP contribution in [-0.2, 0) is 16.4 Å². The number of rotatable bonds is 8. The molecular weight excluding hydrogens is 487 g/mol. The average molecular weight is 517 g/mol. The number of benzene rings is 1. The van der Waals surface area contributed by atoms with Crippen LogP contribution in [0.4, 0.5) is 4.39 Å². The van der Waals surface area contributed by atoms with Gasteiger partial charge in [0.05, 0.1) is 9.89 Å². The van der Waals surface area contributed by atoms with Gasteiger partial charge in [0, 0.05) is 46.3 Å². The number of aromatic nitrogens is 4. The van der Waals surface area contributed by atoms with Crippen LogP contribution in [0.3, 0.4) is 0 Å². The lowest BCUT2D eigenvalue weighted by atomic mass is 10.1. The molecule has 36 heavy (non-hydrogen) atoms. The van der Waals surface area contributed by atoms with Crippen LogP contribution >= 0.6 is 0 Å². The van der Waals surface area contributed by atoms with Crippen LogP contribution in [0.2, 0.25) is 0 Å². The quantitative estimate of drug-likeness (QED) is 0.424. The van der Waals surface area contributed by atoms with Crippen LogP contribution < -0.4 is 10.6 Å². The topological polar surface area (TPSA) is 125 Å². The zero-order valence-corrected chi connectivity index (χ0v) is 21.2. The van der Waals surface area contributed by atoms with Crippen molar-refractivity contribution in [2.24, 2.45) is 5.92 Å². The number of hydrogen-bond donors (Lipinski definition) is 2. The minimum atomic E-state index is -2.51. The minimum Gasteiger partial charge on any atom is -0.350 e. The molecule has 0 saturated carbocycles. The van der Waals surface area contributed by atoms with E-state index in [-0.39, 0.29) is 35.4 Å². The summed E-state index contributed by atoms with van der Waals surface area (Å²) in [6.45, 7) is 3.35. The zero-order valence-electron chi connectivity index (χ0n) is 20.4. The summed E-state index contributed by atoms with van der Waals surface area (Å²) in [5.41, 5.74) is 1.34. The number of carbonyl (C=O) groups is 2. The van der Waals surface area contributed by atoms with Crippen molar-refractivity contribution in [3.05, 3.63) is 58.9 Å². The van der Waals surface area contributed by atoms with Gasteiger partial charge in [-0.2, -0.15) is 14.6 Å². The lowest BCUT2D eigenvalue weighted by Gasteiger charge is -2.26. The van der Waals surface area contributed by atoms with Crippen LogP contribution in [0.25, 0.3) is 5.78 Å². The standard InChI is InChI=1S/C23H29FN8O3S/c1-15-9-16(5-6-18(15)24)11-25-21(33)19-10-20(32-23(29-19)27-14-28-32)22(34)26-12-17-7-8-31(13-17)36(4,35)30(2)3/h5-6,9-10,14,17H,4,7-8,11-13H2,1-3H3,(H,25,33)(H,26,34)/t17-,36?/m1/s1. The summed E-state index contributed by atoms with van der Waals surface area (Å²) >= 11 is 0. The molecule has 0 aliphatic carbocycles. The smallest absolute Gasteiger partial charge is 0.270 e. The summed E-state index contributed by atoms with van der Waals surface area (Å²) in [6, 6.07) is 5.95. The van der Waals surface area contributed by atoms with E-state index in [2.05, 4.69) is 31.6 Å². The van der Waals surface area contributed by atoms with Gasteiger partial charge in [-0.05, 0) is 42.3 Å². The fourth-order valence-electron chi connectivity index (χ4n) is 3.96. The van der Waals surface area contributed by atoms with E-state index in [0.717, 1.165) is 12.0 Å². The van der Waals surface area contributed by atoms with Gasteiger partial charge in [0.15, 0.2) is 0 Å². The summed E-state index contributed by atoms with van der Waals surface area (Å²) in [7, 11) is 0.949. The Labute approximate surface area is 209 Å². The molecule has 1 unspecified atom stereocenters. The van der Waals surface area contributed by atoms with Crippen molar-refractivity contribution in [1.29, 1.82) is 0 Å². The van der Waals surface area contributed by atoms with Crippen molar-refractivity contribution in [1.82, 2.24) is 38.8 Å². The Kier molecular flexibility index (Phi) is 7.33. The van der Waals surface area contributed by atoms with Crippen LogP contribution in [-0.4, -0.2) is 83.8 Å². The van der Waals surface area contributed by atoms with Crippen LogP contribution in [0.1, 0.15) is 38.5 Å². The average Bonchev–Trinajstić information content (AvgIpc) is 3.52. The van der Waals surface area contributed by atoms with E-state index in [1.807, 2.05) is 4.31 Å². The van der Waals surface area contributed by atoms with E-state index in [4.69, 9.17) is 0 Å². The summed E-state index contributed by atoms with van der Waals surface area (Å²) in [5, 5.41) is 9.67. The van der Waals surface area contributed by atoms with Crippen molar-refractivity contribution in [3.63, 3.8) is 0 Å². The number of fused-ring (bicyclic) bond motifs is 1. The zero-order chi connectivity index (χ0) is 26.0. The summed E-state index contributed by atoms with van der Waals surface area (Å²) < 4.78 is 31.0. The molecule has 0 bridgehead atoms. The molecule has 1 aliphatic rings. The molecular formula is C23H29FN8O3S. The van der Waals surface area contributed by atoms with Crippen LogP contribution in [0.15, 0.2) is 30.6 Å². The Balaban J connectivity index is 1.43. The summed E-state index contributed by atoms with van der Waals surface area (Å²) in [5.74, 6) is 2.80. The molecule has 2 atom stereocenters. The Morgan fingerprint density at radius 2 is 2.03 bits per heavy atom. The molecule has 4 rings (SSSR count). The number of halogens is 1. The first-order valence-electron chi connectivity index (χ1n) is 11.4. The van der Waals surface area contributed by atoms with Crippen LogP contribution in [0.5, 0.6) is 0 Å². The van der Waals surface area contributed by atoms with E-state index in [0.29, 0.717) is 25.2 Å². The van der Waals surface area contributed by atoms with Gasteiger partial charge < -0.3 is 10.6 Å². The molecule has 1 saturated heterocycles. The minimum absolute atomic E-state index is 0.00861. The second-order valence-electron chi connectivity index (χ2n) is 8.94. The normalized spacial score (nSPS) is 17.9. The predicted octanol–water partition coefficient (Wildman–Crippen LogP) is 0.662. The van der Waals surface area contributed by atoms with Gasteiger partial charge in [-0.15, -0.1) is 0 Å². The van der Waals surface area contributed by atoms with E-state index in [1.165, 1.54) is 23.0 Å². The molecule has 1 fully saturated rings. The fourth-order valence-corrected chi connectivity index (χ4v) is 5.26. The first-order chi connectivity index (χ1) is 17.1. The van der Waals surface area contributed by atoms with Gasteiger partial charge in [0.25, 0.3) is 17.6 Å². The highest BCUT2D eigenvalue weighted by Crippen LogP contribution is 2.20. The Morgan fingerprint density at radius 1 is 1.25 bits per heavy atom. The van der Waals surface area contributed by atoms with Crippen molar-refractivity contribution >= 4 is 33.4 Å². The highest BCUT2D eigenvalue weighted by atomic mass is 32.2. The molecule has 1 aromatic carbocycles. The van der Waals surface area contributed by atoms with E-state index in [9.17, 15) is 18.2 Å². The van der Waals surface area contributed by atoms with Crippen molar-refractivity contribution < 1.29 is 18.2 Å². The number of amides is 2. The molecule has 1 aliphatic heterocycles. The van der Waals surface area contributed by atoms with Crippen molar-refractivity contribution in [2.75, 3.05) is 33.7 Å². The van der Waals surface area contributed by atoms with E-state index in [1.54, 1.807) is 37.5 Å². The SMILES string of the molecule is C=S(=O)(N(C)C)N1CC[C@H](CNC(=O)c2cc(C(=O)NCc3ccc(F)c(C)c3)nc3ncnn23)C1. The number of hydrogen-bond acceptors (Lipinski definition) is 6. The number of aryl methyl sites for hydroxylation is 1. The Morgan fingerprint density at radius 3 is 2.75 bits per heavy atom. The fraction of sp³-hybridized carbons (Fsp3) is 0.391. The molecule has 2 aromatic heterocycles. The number of carbonyl (C=O) groups excluding carboxylic acids is 2.